The van der Waals surface area contributed by atoms with E-state index in [0.717, 1.165) is 31.4 Å². The molecule has 112 valence electrons. The Bertz CT molecular complexity index is 763. The fourth-order valence-electron chi connectivity index (χ4n) is 2.29. The normalized spacial score (nSPS) is 14.7. The number of benzene rings is 1. The second-order valence-corrected chi connectivity index (χ2v) is 8.48. The van der Waals surface area contributed by atoms with E-state index in [1.165, 1.54) is 22.3 Å². The Hall–Kier alpha value is -1.12. The molecular weight excluding hydrogens is 374 g/mol. The van der Waals surface area contributed by atoms with Crippen LogP contribution in [0.5, 0.6) is 0 Å². The summed E-state index contributed by atoms with van der Waals surface area (Å²) in [6.07, 6.45) is 4.16. The number of anilines is 2. The molecule has 21 heavy (non-hydrogen) atoms. The quantitative estimate of drug-likeness (QED) is 0.791. The summed E-state index contributed by atoms with van der Waals surface area (Å²) in [5.41, 5.74) is 7.09. The maximum atomic E-state index is 12.5. The molecular formula is C13H14BrN3O2S2. The summed E-state index contributed by atoms with van der Waals surface area (Å²) < 4.78 is 27.9. The smallest absolute Gasteiger partial charge is 0.264 e. The first kappa shape index (κ1) is 14.8. The van der Waals surface area contributed by atoms with E-state index in [4.69, 9.17) is 5.73 Å². The van der Waals surface area contributed by atoms with Crippen molar-refractivity contribution in [3.05, 3.63) is 33.2 Å². The van der Waals surface area contributed by atoms with Crippen molar-refractivity contribution in [2.24, 2.45) is 0 Å². The van der Waals surface area contributed by atoms with Crippen LogP contribution in [0, 0.1) is 0 Å². The summed E-state index contributed by atoms with van der Waals surface area (Å²) in [6.45, 7) is 0. The van der Waals surface area contributed by atoms with Crippen LogP contribution in [0.1, 0.15) is 23.4 Å². The monoisotopic (exact) mass is 387 g/mol. The van der Waals surface area contributed by atoms with Crippen molar-refractivity contribution in [2.45, 2.75) is 30.6 Å². The maximum absolute atomic E-state index is 12.5. The number of sulfonamides is 1. The number of nitrogen functional groups attached to an aromatic ring is 1. The van der Waals surface area contributed by atoms with Gasteiger partial charge >= 0.3 is 0 Å². The van der Waals surface area contributed by atoms with Crippen LogP contribution in [-0.4, -0.2) is 13.4 Å². The SMILES string of the molecule is Nc1ccc(Br)c(S(=O)(=O)Nc2nc3c(s2)CCCC3)c1. The third-order valence-electron chi connectivity index (χ3n) is 3.31. The Morgan fingerprint density at radius 1 is 1.29 bits per heavy atom. The Kier molecular flexibility index (Phi) is 3.94. The number of fused-ring (bicyclic) bond motifs is 1. The molecule has 1 heterocycles. The standard InChI is InChI=1S/C13H14BrN3O2S2/c14-9-6-5-8(15)7-12(9)21(18,19)17-13-16-10-3-1-2-4-11(10)20-13/h5-7H,1-4,15H2,(H,16,17). The van der Waals surface area contributed by atoms with Crippen LogP contribution in [0.4, 0.5) is 10.8 Å². The molecule has 2 aromatic rings. The van der Waals surface area contributed by atoms with Crippen molar-refractivity contribution in [1.82, 2.24) is 4.98 Å². The summed E-state index contributed by atoms with van der Waals surface area (Å²) in [4.78, 5) is 5.70. The van der Waals surface area contributed by atoms with E-state index in [-0.39, 0.29) is 4.90 Å². The Morgan fingerprint density at radius 3 is 2.81 bits per heavy atom. The molecule has 0 aliphatic heterocycles. The van der Waals surface area contributed by atoms with E-state index < -0.39 is 10.0 Å². The van der Waals surface area contributed by atoms with Gasteiger partial charge in [0.15, 0.2) is 5.13 Å². The lowest BCUT2D eigenvalue weighted by atomic mass is 10.0. The lowest BCUT2D eigenvalue weighted by molar-refractivity contribution is 0.600. The van der Waals surface area contributed by atoms with Gasteiger partial charge in [-0.3, -0.25) is 4.72 Å². The predicted molar refractivity (Wildman–Crippen MR) is 88.1 cm³/mol. The molecule has 0 atom stereocenters. The fraction of sp³-hybridized carbons (Fsp3) is 0.308. The van der Waals surface area contributed by atoms with Gasteiger partial charge in [0.05, 0.1) is 5.69 Å². The van der Waals surface area contributed by atoms with Crippen LogP contribution in [0.2, 0.25) is 0 Å². The Balaban J connectivity index is 1.92. The number of hydrogen-bond acceptors (Lipinski definition) is 5. The third kappa shape index (κ3) is 3.07. The number of aryl methyl sites for hydroxylation is 2. The van der Waals surface area contributed by atoms with Crippen molar-refractivity contribution < 1.29 is 8.42 Å². The van der Waals surface area contributed by atoms with Crippen molar-refractivity contribution in [3.8, 4) is 0 Å². The largest absolute Gasteiger partial charge is 0.399 e. The summed E-state index contributed by atoms with van der Waals surface area (Å²) in [5.74, 6) is 0. The second-order valence-electron chi connectivity index (χ2n) is 4.89. The number of hydrogen-bond donors (Lipinski definition) is 2. The van der Waals surface area contributed by atoms with Crippen LogP contribution in [-0.2, 0) is 22.9 Å². The summed E-state index contributed by atoms with van der Waals surface area (Å²) >= 11 is 4.66. The van der Waals surface area contributed by atoms with Crippen LogP contribution in [0.25, 0.3) is 0 Å². The molecule has 0 bridgehead atoms. The molecule has 0 radical (unpaired) electrons. The molecule has 1 aliphatic carbocycles. The van der Waals surface area contributed by atoms with E-state index in [2.05, 4.69) is 25.6 Å². The van der Waals surface area contributed by atoms with Gasteiger partial charge in [0.25, 0.3) is 10.0 Å². The molecule has 0 amide bonds. The Morgan fingerprint density at radius 2 is 2.05 bits per heavy atom. The molecule has 8 heteroatoms. The zero-order valence-electron chi connectivity index (χ0n) is 11.1. The molecule has 0 saturated heterocycles. The van der Waals surface area contributed by atoms with Crippen molar-refractivity contribution in [2.75, 3.05) is 10.5 Å². The third-order valence-corrected chi connectivity index (χ3v) is 6.85. The number of rotatable bonds is 3. The van der Waals surface area contributed by atoms with E-state index in [1.807, 2.05) is 0 Å². The predicted octanol–water partition coefficient (Wildman–Crippen LogP) is 3.17. The molecule has 1 aliphatic rings. The van der Waals surface area contributed by atoms with Gasteiger partial charge in [0, 0.05) is 15.0 Å². The zero-order chi connectivity index (χ0) is 15.0. The lowest BCUT2D eigenvalue weighted by Crippen LogP contribution is -2.13. The van der Waals surface area contributed by atoms with Crippen LogP contribution in [0.3, 0.4) is 0 Å². The van der Waals surface area contributed by atoms with Gasteiger partial charge in [0.2, 0.25) is 0 Å². The van der Waals surface area contributed by atoms with Gasteiger partial charge < -0.3 is 5.73 Å². The van der Waals surface area contributed by atoms with Crippen molar-refractivity contribution in [3.63, 3.8) is 0 Å². The first-order chi connectivity index (χ1) is 9.95. The van der Waals surface area contributed by atoms with Crippen LogP contribution in [0.15, 0.2) is 27.6 Å². The van der Waals surface area contributed by atoms with Crippen molar-refractivity contribution >= 4 is 48.1 Å². The number of nitrogens with zero attached hydrogens (tertiary/aromatic N) is 1. The van der Waals surface area contributed by atoms with E-state index in [1.54, 1.807) is 12.1 Å². The average Bonchev–Trinajstić information content (AvgIpc) is 2.82. The summed E-state index contributed by atoms with van der Waals surface area (Å²) in [6, 6.07) is 4.70. The second kappa shape index (κ2) is 5.58. The molecule has 0 unspecified atom stereocenters. The topological polar surface area (TPSA) is 85.1 Å². The van der Waals surface area contributed by atoms with Crippen LogP contribution < -0.4 is 10.5 Å². The minimum Gasteiger partial charge on any atom is -0.399 e. The van der Waals surface area contributed by atoms with Gasteiger partial charge in [-0.15, -0.1) is 11.3 Å². The number of thiazole rings is 1. The average molecular weight is 388 g/mol. The first-order valence-corrected chi connectivity index (χ1v) is 9.61. The van der Waals surface area contributed by atoms with E-state index >= 15 is 0 Å². The minimum atomic E-state index is -3.69. The Labute approximate surface area is 135 Å². The van der Waals surface area contributed by atoms with Crippen LogP contribution >= 0.6 is 27.3 Å². The number of nitrogens with two attached hydrogens (primary N) is 1. The maximum Gasteiger partial charge on any atom is 0.264 e. The fourth-order valence-corrected chi connectivity index (χ4v) is 5.58. The molecule has 3 rings (SSSR count). The molecule has 1 aromatic carbocycles. The molecule has 3 N–H and O–H groups in total. The van der Waals surface area contributed by atoms with Gasteiger partial charge in [-0.1, -0.05) is 0 Å². The number of aromatic nitrogens is 1. The van der Waals surface area contributed by atoms with Crippen molar-refractivity contribution in [1.29, 1.82) is 0 Å². The van der Waals surface area contributed by atoms with Gasteiger partial charge in [0.1, 0.15) is 4.90 Å². The highest BCUT2D eigenvalue weighted by Crippen LogP contribution is 2.32. The van der Waals surface area contributed by atoms with Gasteiger partial charge in [-0.25, -0.2) is 13.4 Å². The van der Waals surface area contributed by atoms with E-state index in [0.29, 0.717) is 15.3 Å². The lowest BCUT2D eigenvalue weighted by Gasteiger charge is -2.08. The molecule has 0 fully saturated rings. The summed E-state index contributed by atoms with van der Waals surface area (Å²) in [7, 11) is -3.69. The highest BCUT2D eigenvalue weighted by atomic mass is 79.9. The highest BCUT2D eigenvalue weighted by Gasteiger charge is 2.22. The molecule has 0 spiro atoms. The van der Waals surface area contributed by atoms with E-state index in [9.17, 15) is 8.42 Å². The molecule has 5 nitrogen and oxygen atoms in total. The summed E-state index contributed by atoms with van der Waals surface area (Å²) in [5, 5.41) is 0.427. The minimum absolute atomic E-state index is 0.121. The van der Waals surface area contributed by atoms with Gasteiger partial charge in [-0.05, 0) is 59.8 Å². The first-order valence-electron chi connectivity index (χ1n) is 6.52. The molecule has 1 aromatic heterocycles. The van der Waals surface area contributed by atoms with Gasteiger partial charge in [-0.2, -0.15) is 0 Å². The highest BCUT2D eigenvalue weighted by molar-refractivity contribution is 9.10. The molecule has 0 saturated carbocycles. The number of halogens is 1. The number of nitrogens with one attached hydrogen (secondary N) is 1. The zero-order valence-corrected chi connectivity index (χ0v) is 14.3.